The molecule has 3 nitrogen and oxygen atoms in total. The van der Waals surface area contributed by atoms with Gasteiger partial charge in [0.25, 0.3) is 0 Å². The molecule has 0 saturated carbocycles. The highest BCUT2D eigenvalue weighted by atomic mass is 32.1. The Morgan fingerprint density at radius 1 is 1.47 bits per heavy atom. The van der Waals surface area contributed by atoms with Crippen LogP contribution >= 0.6 is 11.3 Å². The summed E-state index contributed by atoms with van der Waals surface area (Å²) in [6.45, 7) is 4.62. The molecule has 0 aromatic carbocycles. The number of hydrogen-bond acceptors (Lipinski definition) is 2. The van der Waals surface area contributed by atoms with Gasteiger partial charge in [0.15, 0.2) is 0 Å². The van der Waals surface area contributed by atoms with Crippen molar-refractivity contribution >= 4 is 17.4 Å². The summed E-state index contributed by atoms with van der Waals surface area (Å²) in [5.74, 6) is 0. The maximum atomic E-state index is 11.5. The van der Waals surface area contributed by atoms with E-state index in [4.69, 9.17) is 0 Å². The summed E-state index contributed by atoms with van der Waals surface area (Å²) in [5.41, 5.74) is 0. The van der Waals surface area contributed by atoms with Gasteiger partial charge in [0.05, 0.1) is 6.54 Å². The molecule has 82 valence electrons. The van der Waals surface area contributed by atoms with Gasteiger partial charge in [-0.2, -0.15) is 0 Å². The van der Waals surface area contributed by atoms with Crippen molar-refractivity contribution in [3.8, 4) is 0 Å². The van der Waals surface area contributed by atoms with E-state index < -0.39 is 0 Å². The number of amides is 2. The number of nitrogens with one attached hydrogen (secondary N) is 1. The average Bonchev–Trinajstić information content (AvgIpc) is 2.69. The maximum absolute atomic E-state index is 11.5. The Morgan fingerprint density at radius 2 is 2.27 bits per heavy atom. The van der Waals surface area contributed by atoms with Gasteiger partial charge in [0.2, 0.25) is 0 Å². The monoisotopic (exact) mass is 224 g/mol. The molecule has 2 rings (SSSR count). The molecule has 1 aromatic heterocycles. The largest absolute Gasteiger partial charge is 0.338 e. The van der Waals surface area contributed by atoms with E-state index in [0.717, 1.165) is 32.5 Å². The van der Waals surface area contributed by atoms with Crippen LogP contribution in [0.5, 0.6) is 0 Å². The van der Waals surface area contributed by atoms with E-state index in [2.05, 4.69) is 24.4 Å². The van der Waals surface area contributed by atoms with E-state index in [0.29, 0.717) is 0 Å². The molecular formula is C11H16N2OS. The second-order valence-electron chi connectivity index (χ2n) is 3.73. The van der Waals surface area contributed by atoms with Gasteiger partial charge in [-0.15, -0.1) is 11.3 Å². The van der Waals surface area contributed by atoms with Gasteiger partial charge < -0.3 is 10.2 Å². The van der Waals surface area contributed by atoms with Crippen molar-refractivity contribution in [3.63, 3.8) is 0 Å². The molecule has 2 heterocycles. The van der Waals surface area contributed by atoms with Crippen molar-refractivity contribution in [2.45, 2.75) is 26.3 Å². The molecule has 1 aliphatic rings. The van der Waals surface area contributed by atoms with Crippen molar-refractivity contribution in [3.05, 3.63) is 21.9 Å². The SMILES string of the molecule is CCc1ccc(CN2CCCNC2=O)s1. The van der Waals surface area contributed by atoms with E-state index in [1.54, 1.807) is 11.3 Å². The van der Waals surface area contributed by atoms with Gasteiger partial charge in [0.1, 0.15) is 0 Å². The number of carbonyl (C=O) groups is 1. The highest BCUT2D eigenvalue weighted by Crippen LogP contribution is 2.19. The van der Waals surface area contributed by atoms with Gasteiger partial charge >= 0.3 is 6.03 Å². The number of urea groups is 1. The van der Waals surface area contributed by atoms with E-state index in [-0.39, 0.29) is 6.03 Å². The molecule has 15 heavy (non-hydrogen) atoms. The normalized spacial score (nSPS) is 16.6. The predicted octanol–water partition coefficient (Wildman–Crippen LogP) is 2.23. The predicted molar refractivity (Wildman–Crippen MR) is 62.1 cm³/mol. The Morgan fingerprint density at radius 3 is 2.93 bits per heavy atom. The summed E-state index contributed by atoms with van der Waals surface area (Å²) >= 11 is 1.81. The fourth-order valence-corrected chi connectivity index (χ4v) is 2.69. The van der Waals surface area contributed by atoms with Crippen LogP contribution in [0.2, 0.25) is 0 Å². The molecule has 0 unspecified atom stereocenters. The molecule has 1 aromatic rings. The topological polar surface area (TPSA) is 32.3 Å². The number of carbonyl (C=O) groups excluding carboxylic acids is 1. The van der Waals surface area contributed by atoms with Gasteiger partial charge in [-0.05, 0) is 25.0 Å². The summed E-state index contributed by atoms with van der Waals surface area (Å²) < 4.78 is 0. The first-order valence-electron chi connectivity index (χ1n) is 5.40. The fourth-order valence-electron chi connectivity index (χ4n) is 1.71. The lowest BCUT2D eigenvalue weighted by atomic mass is 10.3. The number of nitrogens with zero attached hydrogens (tertiary/aromatic N) is 1. The minimum atomic E-state index is 0.0766. The molecular weight excluding hydrogens is 208 g/mol. The molecule has 0 atom stereocenters. The van der Waals surface area contributed by atoms with E-state index in [9.17, 15) is 4.79 Å². The van der Waals surface area contributed by atoms with Crippen LogP contribution < -0.4 is 5.32 Å². The molecule has 0 bridgehead atoms. The first kappa shape index (κ1) is 10.5. The second-order valence-corrected chi connectivity index (χ2v) is 4.98. The van der Waals surface area contributed by atoms with Crippen LogP contribution in [0.4, 0.5) is 4.79 Å². The highest BCUT2D eigenvalue weighted by Gasteiger charge is 2.17. The minimum Gasteiger partial charge on any atom is -0.338 e. The summed E-state index contributed by atoms with van der Waals surface area (Å²) in [7, 11) is 0. The third kappa shape index (κ3) is 2.50. The van der Waals surface area contributed by atoms with Gasteiger partial charge in [0, 0.05) is 22.8 Å². The first-order chi connectivity index (χ1) is 7.29. The lowest BCUT2D eigenvalue weighted by Gasteiger charge is -2.26. The van der Waals surface area contributed by atoms with E-state index >= 15 is 0 Å². The Labute approximate surface area is 94.1 Å². The molecule has 0 spiro atoms. The molecule has 1 aliphatic heterocycles. The Kier molecular flexibility index (Phi) is 3.26. The van der Waals surface area contributed by atoms with Crippen molar-refractivity contribution < 1.29 is 4.79 Å². The number of thiophene rings is 1. The van der Waals surface area contributed by atoms with Crippen LogP contribution in [0.25, 0.3) is 0 Å². The van der Waals surface area contributed by atoms with Gasteiger partial charge in [-0.3, -0.25) is 0 Å². The molecule has 0 radical (unpaired) electrons. The van der Waals surface area contributed by atoms with E-state index in [1.165, 1.54) is 9.75 Å². The molecule has 2 amide bonds. The van der Waals surface area contributed by atoms with Gasteiger partial charge in [-0.25, -0.2) is 4.79 Å². The van der Waals surface area contributed by atoms with Crippen molar-refractivity contribution in [1.82, 2.24) is 10.2 Å². The summed E-state index contributed by atoms with van der Waals surface area (Å²) in [5, 5.41) is 2.86. The summed E-state index contributed by atoms with van der Waals surface area (Å²) in [4.78, 5) is 16.1. The zero-order valence-electron chi connectivity index (χ0n) is 8.95. The fraction of sp³-hybridized carbons (Fsp3) is 0.545. The first-order valence-corrected chi connectivity index (χ1v) is 6.21. The molecule has 1 N–H and O–H groups in total. The zero-order valence-corrected chi connectivity index (χ0v) is 9.77. The third-order valence-corrected chi connectivity index (χ3v) is 3.80. The lowest BCUT2D eigenvalue weighted by Crippen LogP contribution is -2.45. The number of hydrogen-bond donors (Lipinski definition) is 1. The number of aryl methyl sites for hydroxylation is 1. The third-order valence-electron chi connectivity index (χ3n) is 2.58. The summed E-state index contributed by atoms with van der Waals surface area (Å²) in [6.07, 6.45) is 2.13. The van der Waals surface area contributed by atoms with Crippen LogP contribution in [0.1, 0.15) is 23.1 Å². The van der Waals surface area contributed by atoms with Crippen molar-refractivity contribution in [2.75, 3.05) is 13.1 Å². The van der Waals surface area contributed by atoms with Crippen LogP contribution in [-0.2, 0) is 13.0 Å². The molecule has 1 saturated heterocycles. The molecule has 4 heteroatoms. The Bertz CT molecular complexity index is 348. The standard InChI is InChI=1S/C11H16N2OS/c1-2-9-4-5-10(15-9)8-13-7-3-6-12-11(13)14/h4-5H,2-3,6-8H2,1H3,(H,12,14). The Hall–Kier alpha value is -1.03. The smallest absolute Gasteiger partial charge is 0.317 e. The summed E-state index contributed by atoms with van der Waals surface area (Å²) in [6, 6.07) is 4.36. The van der Waals surface area contributed by atoms with Crippen LogP contribution in [0, 0.1) is 0 Å². The van der Waals surface area contributed by atoms with Gasteiger partial charge in [-0.1, -0.05) is 6.92 Å². The highest BCUT2D eigenvalue weighted by molar-refractivity contribution is 7.11. The maximum Gasteiger partial charge on any atom is 0.317 e. The van der Waals surface area contributed by atoms with Crippen molar-refractivity contribution in [2.24, 2.45) is 0 Å². The zero-order chi connectivity index (χ0) is 10.7. The number of rotatable bonds is 3. The van der Waals surface area contributed by atoms with E-state index in [1.807, 2.05) is 4.90 Å². The van der Waals surface area contributed by atoms with Crippen LogP contribution in [0.3, 0.4) is 0 Å². The molecule has 0 aliphatic carbocycles. The average molecular weight is 224 g/mol. The van der Waals surface area contributed by atoms with Crippen molar-refractivity contribution in [1.29, 1.82) is 0 Å². The molecule has 1 fully saturated rings. The van der Waals surface area contributed by atoms with Crippen LogP contribution in [0.15, 0.2) is 12.1 Å². The second kappa shape index (κ2) is 4.66. The van der Waals surface area contributed by atoms with Crippen LogP contribution in [-0.4, -0.2) is 24.0 Å². The minimum absolute atomic E-state index is 0.0766. The lowest BCUT2D eigenvalue weighted by molar-refractivity contribution is 0.184. The quantitative estimate of drug-likeness (QED) is 0.839. The Balaban J connectivity index is 1.98.